The van der Waals surface area contributed by atoms with Crippen LogP contribution in [0.5, 0.6) is 0 Å². The molecule has 4 N–H and O–H groups in total. The van der Waals surface area contributed by atoms with Gasteiger partial charge < -0.3 is 39.9 Å². The molecular weight excluding hydrogens is 773 g/mol. The maximum atomic E-state index is 14.0. The Bertz CT molecular complexity index is 2410. The smallest absolute Gasteiger partial charge is 0.407 e. The Kier molecular flexibility index (Phi) is 9.70. The van der Waals surface area contributed by atoms with Gasteiger partial charge in [0.05, 0.1) is 49.2 Å². The van der Waals surface area contributed by atoms with Crippen LogP contribution in [0, 0.1) is 35.0 Å². The van der Waals surface area contributed by atoms with Crippen LogP contribution in [-0.4, -0.2) is 92.6 Å². The summed E-state index contributed by atoms with van der Waals surface area (Å²) in [6.45, 7) is 8.42. The lowest BCUT2D eigenvalue weighted by atomic mass is 9.83. The highest BCUT2D eigenvalue weighted by Crippen LogP contribution is 2.57. The minimum Gasteiger partial charge on any atom is -0.453 e. The normalized spacial score (nSPS) is 26.4. The molecule has 0 radical (unpaired) electrons. The maximum absolute atomic E-state index is 14.0. The molecule has 322 valence electrons. The zero-order chi connectivity index (χ0) is 42.5. The molecule has 61 heavy (non-hydrogen) atoms. The molecule has 6 unspecified atom stereocenters. The van der Waals surface area contributed by atoms with E-state index in [4.69, 9.17) is 19.4 Å². The van der Waals surface area contributed by atoms with Crippen molar-refractivity contribution >= 4 is 35.0 Å². The Morgan fingerprint density at radius 3 is 2.16 bits per heavy atom. The van der Waals surface area contributed by atoms with Crippen LogP contribution >= 0.6 is 0 Å². The minimum atomic E-state index is -0.682. The molecule has 2 saturated heterocycles. The summed E-state index contributed by atoms with van der Waals surface area (Å²) in [5.41, 5.74) is 9.35. The van der Waals surface area contributed by atoms with E-state index in [0.29, 0.717) is 24.3 Å². The lowest BCUT2D eigenvalue weighted by Gasteiger charge is -2.31. The van der Waals surface area contributed by atoms with E-state index >= 15 is 0 Å². The third-order valence-corrected chi connectivity index (χ3v) is 15.1. The second-order valence-corrected chi connectivity index (χ2v) is 19.6. The summed E-state index contributed by atoms with van der Waals surface area (Å²) in [6, 6.07) is 9.44. The second-order valence-electron chi connectivity index (χ2n) is 19.6. The van der Waals surface area contributed by atoms with Crippen molar-refractivity contribution in [1.82, 2.24) is 40.4 Å². The summed E-state index contributed by atoms with van der Waals surface area (Å²) in [6.07, 6.45) is 10.7. The van der Waals surface area contributed by atoms with Crippen molar-refractivity contribution in [2.75, 3.05) is 20.8 Å². The van der Waals surface area contributed by atoms with E-state index in [9.17, 15) is 19.2 Å². The van der Waals surface area contributed by atoms with Crippen molar-refractivity contribution < 1.29 is 28.7 Å². The van der Waals surface area contributed by atoms with Crippen molar-refractivity contribution in [2.24, 2.45) is 35.0 Å². The van der Waals surface area contributed by atoms with Crippen molar-refractivity contribution in [3.63, 3.8) is 0 Å². The number of nitrogens with one attached hydrogen (secondary N) is 4. The lowest BCUT2D eigenvalue weighted by molar-refractivity contribution is -0.137. The second kappa shape index (κ2) is 14.9. The van der Waals surface area contributed by atoms with Crippen molar-refractivity contribution in [2.45, 2.75) is 116 Å². The van der Waals surface area contributed by atoms with Crippen LogP contribution in [0.4, 0.5) is 9.59 Å². The molecular formula is C47H58N8O6. The Labute approximate surface area is 356 Å². The summed E-state index contributed by atoms with van der Waals surface area (Å²) < 4.78 is 9.71. The van der Waals surface area contributed by atoms with Crippen LogP contribution in [0.25, 0.3) is 33.4 Å². The molecule has 8 atom stereocenters. The van der Waals surface area contributed by atoms with Gasteiger partial charge in [-0.15, -0.1) is 0 Å². The van der Waals surface area contributed by atoms with Gasteiger partial charge >= 0.3 is 12.2 Å². The van der Waals surface area contributed by atoms with E-state index in [1.165, 1.54) is 62.2 Å². The first-order chi connectivity index (χ1) is 29.4. The minimum absolute atomic E-state index is 0.0871. The van der Waals surface area contributed by atoms with E-state index in [0.717, 1.165) is 66.0 Å². The van der Waals surface area contributed by atoms with Crippen molar-refractivity contribution in [3.05, 3.63) is 59.3 Å². The van der Waals surface area contributed by atoms with Gasteiger partial charge in [-0.05, 0) is 114 Å². The van der Waals surface area contributed by atoms with E-state index < -0.39 is 24.3 Å². The average Bonchev–Trinajstić information content (AvgIpc) is 3.68. The first kappa shape index (κ1) is 39.7. The van der Waals surface area contributed by atoms with Gasteiger partial charge in [0.1, 0.15) is 23.7 Å². The molecule has 2 aromatic carbocycles. The monoisotopic (exact) mass is 830 g/mol. The Balaban J connectivity index is 0.949. The average molecular weight is 831 g/mol. The molecule has 14 heteroatoms. The number of carbonyl (C=O) groups is 4. The van der Waals surface area contributed by atoms with Gasteiger partial charge in [0.25, 0.3) is 0 Å². The number of hydrogen-bond donors (Lipinski definition) is 4. The topological polar surface area (TPSA) is 175 Å². The highest BCUT2D eigenvalue weighted by Gasteiger charge is 2.57. The number of nitrogens with zero attached hydrogens (tertiary/aromatic N) is 4. The Morgan fingerprint density at radius 1 is 0.803 bits per heavy atom. The van der Waals surface area contributed by atoms with Crippen molar-refractivity contribution in [1.29, 1.82) is 0 Å². The summed E-state index contributed by atoms with van der Waals surface area (Å²) >= 11 is 0. The third kappa shape index (κ3) is 6.84. The number of hydrogen-bond acceptors (Lipinski definition) is 8. The number of fused-ring (bicyclic) bond motifs is 4. The SMILES string of the molecule is COC(=O)N[C@H](C(=O)N1C(c2nc3ccc(-c4ccc(-c5cnc(C6C7CC7CN6C(=O)[C@H](NC(=O)OC)C(C)C)[nH]5)c5c4CC4(CCCC4)C5)cc3[nH]2)CC2CC21)C(C)C. The molecule has 14 nitrogen and oxygen atoms in total. The van der Waals surface area contributed by atoms with E-state index in [1.807, 2.05) is 43.7 Å². The first-order valence-corrected chi connectivity index (χ1v) is 22.4. The summed E-state index contributed by atoms with van der Waals surface area (Å²) in [7, 11) is 2.63. The molecule has 5 fully saturated rings. The van der Waals surface area contributed by atoms with Gasteiger partial charge in [-0.1, -0.05) is 58.7 Å². The molecule has 4 amide bonds. The number of aromatic nitrogens is 4. The molecule has 4 aromatic rings. The predicted octanol–water partition coefficient (Wildman–Crippen LogP) is 7.22. The van der Waals surface area contributed by atoms with Crippen LogP contribution in [0.2, 0.25) is 0 Å². The Hall–Kier alpha value is -5.40. The summed E-state index contributed by atoms with van der Waals surface area (Å²) in [5, 5.41) is 5.55. The van der Waals surface area contributed by atoms with Crippen LogP contribution in [-0.2, 0) is 31.9 Å². The van der Waals surface area contributed by atoms with Gasteiger partial charge in [-0.3, -0.25) is 9.59 Å². The largest absolute Gasteiger partial charge is 0.453 e. The predicted molar refractivity (Wildman–Crippen MR) is 228 cm³/mol. The van der Waals surface area contributed by atoms with Gasteiger partial charge in [0, 0.05) is 18.2 Å². The number of carbonyl (C=O) groups excluding carboxylic acids is 4. The number of alkyl carbamates (subject to hydrolysis) is 2. The standard InChI is InChI=1S/C47H58N8O6/c1-23(2)38(52-45(58)60-5)43(56)54-22-27-15-30(27)40(54)42-48-21-35(51-42)29-11-10-28(31-19-47(20-32(29)31)13-7-8-14-47)25-9-12-33-34(16-25)50-41(49-33)37-18-26-17-36(26)55(37)44(57)39(24(3)4)53-46(59)61-6/h9-12,16,21,23-24,26-27,30,36-40H,7-8,13-15,17-20,22H2,1-6H3,(H,48,51)(H,49,50)(H,52,58)(H,53,59)/t26?,27?,30?,36?,37?,38-,39+,40?/m1/s1. The van der Waals surface area contributed by atoms with E-state index in [1.54, 1.807) is 0 Å². The van der Waals surface area contributed by atoms with Gasteiger partial charge in [0.15, 0.2) is 0 Å². The summed E-state index contributed by atoms with van der Waals surface area (Å²) in [5.74, 6) is 2.45. The number of piperidine rings is 2. The number of H-pyrrole nitrogens is 2. The molecule has 10 rings (SSSR count). The van der Waals surface area contributed by atoms with Crippen molar-refractivity contribution in [3.8, 4) is 22.4 Å². The van der Waals surface area contributed by atoms with Gasteiger partial charge in [0.2, 0.25) is 11.8 Å². The molecule has 2 aliphatic heterocycles. The molecule has 3 saturated carbocycles. The van der Waals surface area contributed by atoms with Gasteiger partial charge in [-0.2, -0.15) is 0 Å². The molecule has 0 bridgehead atoms. The molecule has 2 aromatic heterocycles. The van der Waals surface area contributed by atoms with Crippen LogP contribution in [0.3, 0.4) is 0 Å². The number of benzene rings is 2. The van der Waals surface area contributed by atoms with Crippen LogP contribution < -0.4 is 10.6 Å². The number of likely N-dealkylation sites (tertiary alicyclic amines) is 2. The fraction of sp³-hybridized carbons (Fsp3) is 0.574. The van der Waals surface area contributed by atoms with Gasteiger partial charge in [-0.25, -0.2) is 19.6 Å². The number of imidazole rings is 2. The van der Waals surface area contributed by atoms with Crippen LogP contribution in [0.15, 0.2) is 36.5 Å². The number of methoxy groups -OCH3 is 2. The molecule has 4 heterocycles. The number of ether oxygens (including phenoxy) is 2. The first-order valence-electron chi connectivity index (χ1n) is 22.4. The number of aromatic amines is 2. The third-order valence-electron chi connectivity index (χ3n) is 15.1. The number of rotatable bonds is 10. The highest BCUT2D eigenvalue weighted by atomic mass is 16.5. The maximum Gasteiger partial charge on any atom is 0.407 e. The summed E-state index contributed by atoms with van der Waals surface area (Å²) in [4.78, 5) is 73.7. The zero-order valence-corrected chi connectivity index (χ0v) is 36.0. The Morgan fingerprint density at radius 2 is 1.48 bits per heavy atom. The van der Waals surface area contributed by atoms with E-state index in [2.05, 4.69) is 50.9 Å². The fourth-order valence-electron chi connectivity index (χ4n) is 11.7. The number of amides is 4. The lowest BCUT2D eigenvalue weighted by Crippen LogP contribution is -2.52. The molecule has 6 aliphatic rings. The van der Waals surface area contributed by atoms with Crippen LogP contribution in [0.1, 0.15) is 108 Å². The fourth-order valence-corrected chi connectivity index (χ4v) is 11.7. The molecule has 1 spiro atoms. The highest BCUT2D eigenvalue weighted by molar-refractivity contribution is 5.89. The zero-order valence-electron chi connectivity index (χ0n) is 36.0. The molecule has 4 aliphatic carbocycles. The quantitative estimate of drug-likeness (QED) is 0.130. The van der Waals surface area contributed by atoms with E-state index in [-0.39, 0.29) is 47.2 Å².